The van der Waals surface area contributed by atoms with Crippen molar-refractivity contribution < 1.29 is 0 Å². The Balaban J connectivity index is 2.73. The predicted octanol–water partition coefficient (Wildman–Crippen LogP) is 4.10. The van der Waals surface area contributed by atoms with Crippen LogP contribution in [0.3, 0.4) is 0 Å². The average Bonchev–Trinajstić information content (AvgIpc) is 2.17. The van der Waals surface area contributed by atoms with Gasteiger partial charge in [0.1, 0.15) is 0 Å². The van der Waals surface area contributed by atoms with E-state index in [1.165, 1.54) is 5.56 Å². The van der Waals surface area contributed by atoms with E-state index < -0.39 is 0 Å². The molecule has 0 radical (unpaired) electrons. The van der Waals surface area contributed by atoms with Crippen LogP contribution < -0.4 is 0 Å². The lowest BCUT2D eigenvalue weighted by Gasteiger charge is -2.18. The Hall–Kier alpha value is -0.210. The number of hydrogen-bond donors (Lipinski definition) is 0. The van der Waals surface area contributed by atoms with Crippen LogP contribution in [0.4, 0.5) is 0 Å². The Morgan fingerprint density at radius 2 is 2.07 bits per heavy atom. The van der Waals surface area contributed by atoms with Crippen LogP contribution >= 0.6 is 23.4 Å². The minimum absolute atomic E-state index is 0.175. The van der Waals surface area contributed by atoms with Gasteiger partial charge in [0, 0.05) is 17.3 Å². The molecule has 1 rings (SSSR count). The normalized spacial score (nSPS) is 13.9. The molecule has 0 N–H and O–H groups in total. The van der Waals surface area contributed by atoms with E-state index in [-0.39, 0.29) is 5.41 Å². The molecule has 1 unspecified atom stereocenters. The van der Waals surface area contributed by atoms with Crippen molar-refractivity contribution in [1.82, 2.24) is 4.98 Å². The summed E-state index contributed by atoms with van der Waals surface area (Å²) in [7, 11) is 0. The monoisotopic (exact) mass is 243 g/mol. The van der Waals surface area contributed by atoms with Gasteiger partial charge < -0.3 is 0 Å². The largest absolute Gasteiger partial charge is 0.250 e. The van der Waals surface area contributed by atoms with Crippen molar-refractivity contribution in [3.63, 3.8) is 0 Å². The molecule has 0 bridgehead atoms. The van der Waals surface area contributed by atoms with Crippen LogP contribution in [0.2, 0.25) is 0 Å². The standard InChI is InChI=1S/C12H18ClNS/c1-9(7-13)15-11-6-5-10(8-14-11)12(2,3)4/h5-6,8-9H,7H2,1-4H3. The highest BCUT2D eigenvalue weighted by molar-refractivity contribution is 7.99. The minimum Gasteiger partial charge on any atom is -0.250 e. The fourth-order valence-corrected chi connectivity index (χ4v) is 2.06. The Labute approximate surface area is 102 Å². The number of alkyl halides is 1. The highest BCUT2D eigenvalue weighted by Crippen LogP contribution is 2.25. The van der Waals surface area contributed by atoms with Crippen molar-refractivity contribution in [2.45, 2.75) is 43.4 Å². The van der Waals surface area contributed by atoms with Gasteiger partial charge in [0.05, 0.1) is 5.03 Å². The van der Waals surface area contributed by atoms with Crippen molar-refractivity contribution in [3.8, 4) is 0 Å². The molecular formula is C12H18ClNS. The number of nitrogens with zero attached hydrogens (tertiary/aromatic N) is 1. The van der Waals surface area contributed by atoms with Gasteiger partial charge in [-0.25, -0.2) is 4.98 Å². The summed E-state index contributed by atoms with van der Waals surface area (Å²) >= 11 is 7.48. The molecule has 1 heterocycles. The molecule has 0 spiro atoms. The second-order valence-electron chi connectivity index (χ2n) is 4.72. The van der Waals surface area contributed by atoms with Crippen molar-refractivity contribution in [2.24, 2.45) is 0 Å². The van der Waals surface area contributed by atoms with Gasteiger partial charge in [-0.05, 0) is 17.0 Å². The number of thioether (sulfide) groups is 1. The Morgan fingerprint density at radius 3 is 2.47 bits per heavy atom. The highest BCUT2D eigenvalue weighted by atomic mass is 35.5. The van der Waals surface area contributed by atoms with Crippen LogP contribution in [-0.4, -0.2) is 16.1 Å². The molecule has 3 heteroatoms. The average molecular weight is 244 g/mol. The van der Waals surface area contributed by atoms with E-state index in [1.807, 2.05) is 6.20 Å². The first-order valence-corrected chi connectivity index (χ1v) is 6.54. The summed E-state index contributed by atoms with van der Waals surface area (Å²) in [6.07, 6.45) is 1.96. The van der Waals surface area contributed by atoms with E-state index in [4.69, 9.17) is 11.6 Å². The van der Waals surface area contributed by atoms with E-state index in [1.54, 1.807) is 11.8 Å². The van der Waals surface area contributed by atoms with E-state index in [0.717, 1.165) is 5.03 Å². The van der Waals surface area contributed by atoms with Crippen LogP contribution in [0, 0.1) is 0 Å². The van der Waals surface area contributed by atoms with Gasteiger partial charge in [0.25, 0.3) is 0 Å². The summed E-state index contributed by atoms with van der Waals surface area (Å²) < 4.78 is 0. The number of pyridine rings is 1. The zero-order chi connectivity index (χ0) is 11.5. The van der Waals surface area contributed by atoms with Crippen LogP contribution in [0.15, 0.2) is 23.4 Å². The molecule has 0 saturated heterocycles. The van der Waals surface area contributed by atoms with E-state index in [2.05, 4.69) is 44.8 Å². The number of aromatic nitrogens is 1. The minimum atomic E-state index is 0.175. The fourth-order valence-electron chi connectivity index (χ4n) is 1.13. The molecule has 0 aliphatic carbocycles. The smallest absolute Gasteiger partial charge is 0.0963 e. The van der Waals surface area contributed by atoms with E-state index in [9.17, 15) is 0 Å². The fraction of sp³-hybridized carbons (Fsp3) is 0.583. The van der Waals surface area contributed by atoms with Gasteiger partial charge >= 0.3 is 0 Å². The summed E-state index contributed by atoms with van der Waals surface area (Å²) in [5, 5.41) is 1.47. The lowest BCUT2D eigenvalue weighted by Crippen LogP contribution is -2.11. The van der Waals surface area contributed by atoms with E-state index in [0.29, 0.717) is 11.1 Å². The molecule has 1 atom stereocenters. The third kappa shape index (κ3) is 4.04. The number of halogens is 1. The Kier molecular flexibility index (Phi) is 4.47. The van der Waals surface area contributed by atoms with Crippen LogP contribution in [0.5, 0.6) is 0 Å². The predicted molar refractivity (Wildman–Crippen MR) is 69.0 cm³/mol. The lowest BCUT2D eigenvalue weighted by molar-refractivity contribution is 0.586. The molecule has 0 aliphatic heterocycles. The molecule has 0 saturated carbocycles. The third-order valence-electron chi connectivity index (χ3n) is 2.14. The molecule has 0 aliphatic rings. The van der Waals surface area contributed by atoms with Gasteiger partial charge in [-0.15, -0.1) is 23.4 Å². The van der Waals surface area contributed by atoms with Crippen molar-refractivity contribution in [3.05, 3.63) is 23.9 Å². The SMILES string of the molecule is CC(CCl)Sc1ccc(C(C)(C)C)cn1. The quantitative estimate of drug-likeness (QED) is 0.586. The molecule has 1 nitrogen and oxygen atoms in total. The van der Waals surface area contributed by atoms with Gasteiger partial charge in [-0.3, -0.25) is 0 Å². The lowest BCUT2D eigenvalue weighted by atomic mass is 9.88. The molecule has 84 valence electrons. The molecule has 0 aromatic carbocycles. The maximum atomic E-state index is 5.76. The third-order valence-corrected chi connectivity index (χ3v) is 3.84. The highest BCUT2D eigenvalue weighted by Gasteiger charge is 2.14. The molecule has 15 heavy (non-hydrogen) atoms. The first-order chi connectivity index (χ1) is 6.93. The topological polar surface area (TPSA) is 12.9 Å². The first kappa shape index (κ1) is 12.9. The number of hydrogen-bond acceptors (Lipinski definition) is 2. The molecule has 1 aromatic heterocycles. The van der Waals surface area contributed by atoms with Gasteiger partial charge in [-0.1, -0.05) is 33.8 Å². The Morgan fingerprint density at radius 1 is 1.40 bits per heavy atom. The van der Waals surface area contributed by atoms with Gasteiger partial charge in [0.15, 0.2) is 0 Å². The van der Waals surface area contributed by atoms with E-state index >= 15 is 0 Å². The summed E-state index contributed by atoms with van der Waals surface area (Å²) in [5.74, 6) is 0.660. The van der Waals surface area contributed by atoms with Gasteiger partial charge in [-0.2, -0.15) is 0 Å². The van der Waals surface area contributed by atoms with Crippen molar-refractivity contribution >= 4 is 23.4 Å². The van der Waals surface area contributed by atoms with Crippen LogP contribution in [0.1, 0.15) is 33.3 Å². The maximum absolute atomic E-state index is 5.76. The summed E-state index contributed by atoms with van der Waals surface area (Å²) in [6, 6.07) is 4.23. The Bertz CT molecular complexity index is 302. The second-order valence-corrected chi connectivity index (χ2v) is 6.49. The maximum Gasteiger partial charge on any atom is 0.0963 e. The summed E-state index contributed by atoms with van der Waals surface area (Å²) in [5.41, 5.74) is 1.44. The molecule has 0 amide bonds. The van der Waals surface area contributed by atoms with Crippen LogP contribution in [0.25, 0.3) is 0 Å². The zero-order valence-electron chi connectivity index (χ0n) is 9.75. The summed E-state index contributed by atoms with van der Waals surface area (Å²) in [4.78, 5) is 4.44. The van der Waals surface area contributed by atoms with Gasteiger partial charge in [0.2, 0.25) is 0 Å². The zero-order valence-corrected chi connectivity index (χ0v) is 11.3. The molecule has 1 aromatic rings. The number of rotatable bonds is 3. The first-order valence-electron chi connectivity index (χ1n) is 5.12. The van der Waals surface area contributed by atoms with Crippen molar-refractivity contribution in [1.29, 1.82) is 0 Å². The molecular weight excluding hydrogens is 226 g/mol. The second kappa shape index (κ2) is 5.22. The summed E-state index contributed by atoms with van der Waals surface area (Å²) in [6.45, 7) is 8.69. The molecule has 0 fully saturated rings. The van der Waals surface area contributed by atoms with Crippen LogP contribution in [-0.2, 0) is 5.41 Å². The van der Waals surface area contributed by atoms with Crippen molar-refractivity contribution in [2.75, 3.05) is 5.88 Å².